The van der Waals surface area contributed by atoms with Crippen molar-refractivity contribution in [3.63, 3.8) is 0 Å². The second kappa shape index (κ2) is 9.89. The van der Waals surface area contributed by atoms with Crippen LogP contribution in [0.15, 0.2) is 29.2 Å². The van der Waals surface area contributed by atoms with Crippen LogP contribution >= 0.6 is 0 Å². The Morgan fingerprint density at radius 3 is 2.12 bits per heavy atom. The molecular formula is C23H34N2O6S. The first-order chi connectivity index (χ1) is 15.0. The molecule has 8 nitrogen and oxygen atoms in total. The second-order valence-electron chi connectivity index (χ2n) is 9.47. The average molecular weight is 467 g/mol. The molecular weight excluding hydrogens is 432 g/mol. The van der Waals surface area contributed by atoms with Crippen LogP contribution in [0.2, 0.25) is 0 Å². The zero-order chi connectivity index (χ0) is 23.5. The fourth-order valence-electron chi connectivity index (χ4n) is 3.97. The average Bonchev–Trinajstić information content (AvgIpc) is 2.78. The number of carbonyl (C=O) groups is 2. The second-order valence-corrected chi connectivity index (χ2v) is 11.4. The van der Waals surface area contributed by atoms with Gasteiger partial charge >= 0.3 is 5.97 Å². The number of morpholine rings is 1. The number of rotatable bonds is 5. The number of benzene rings is 1. The summed E-state index contributed by atoms with van der Waals surface area (Å²) >= 11 is 0. The highest BCUT2D eigenvalue weighted by atomic mass is 32.2. The van der Waals surface area contributed by atoms with Gasteiger partial charge in [0.15, 0.2) is 6.10 Å². The van der Waals surface area contributed by atoms with Crippen molar-refractivity contribution in [3.8, 4) is 0 Å². The lowest BCUT2D eigenvalue weighted by Gasteiger charge is -2.32. The molecule has 2 saturated heterocycles. The lowest BCUT2D eigenvalue weighted by atomic mass is 9.87. The summed E-state index contributed by atoms with van der Waals surface area (Å²) in [7, 11) is -3.62. The SMILES string of the molecule is C[C@@H](OC(=O)C1CCN(S(=O)(=O)c2ccc(C(C)(C)C)cc2)CC1)C(=O)N1CCOCC1. The molecule has 3 rings (SSSR count). The molecule has 1 aromatic rings. The van der Waals surface area contributed by atoms with Crippen LogP contribution in [0.4, 0.5) is 0 Å². The molecule has 2 heterocycles. The number of hydrogen-bond donors (Lipinski definition) is 0. The third-order valence-corrected chi connectivity index (χ3v) is 8.02. The number of hydrogen-bond acceptors (Lipinski definition) is 6. The first kappa shape index (κ1) is 24.7. The smallest absolute Gasteiger partial charge is 0.309 e. The van der Waals surface area contributed by atoms with Crippen molar-refractivity contribution in [1.29, 1.82) is 0 Å². The van der Waals surface area contributed by atoms with Gasteiger partial charge in [0.25, 0.3) is 5.91 Å². The predicted molar refractivity (Wildman–Crippen MR) is 120 cm³/mol. The molecule has 0 N–H and O–H groups in total. The van der Waals surface area contributed by atoms with E-state index in [9.17, 15) is 18.0 Å². The zero-order valence-electron chi connectivity index (χ0n) is 19.4. The van der Waals surface area contributed by atoms with E-state index in [1.807, 2.05) is 12.1 Å². The number of esters is 1. The molecule has 0 saturated carbocycles. The van der Waals surface area contributed by atoms with Gasteiger partial charge in [0.2, 0.25) is 10.0 Å². The molecule has 2 aliphatic rings. The molecule has 0 radical (unpaired) electrons. The normalized spacial score (nSPS) is 20.1. The fraction of sp³-hybridized carbons (Fsp3) is 0.652. The van der Waals surface area contributed by atoms with Crippen LogP contribution in [0.5, 0.6) is 0 Å². The maximum Gasteiger partial charge on any atom is 0.309 e. The molecule has 0 aromatic heterocycles. The van der Waals surface area contributed by atoms with E-state index in [4.69, 9.17) is 9.47 Å². The number of ether oxygens (including phenoxy) is 2. The maximum atomic E-state index is 13.0. The Hall–Kier alpha value is -1.97. The van der Waals surface area contributed by atoms with Gasteiger partial charge in [-0.05, 0) is 42.9 Å². The molecule has 1 aromatic carbocycles. The van der Waals surface area contributed by atoms with Gasteiger partial charge in [0, 0.05) is 26.2 Å². The van der Waals surface area contributed by atoms with Crippen LogP contribution < -0.4 is 0 Å². The first-order valence-electron chi connectivity index (χ1n) is 11.2. The minimum absolute atomic E-state index is 0.0543. The van der Waals surface area contributed by atoms with Crippen molar-refractivity contribution in [3.05, 3.63) is 29.8 Å². The Morgan fingerprint density at radius 1 is 1.03 bits per heavy atom. The maximum absolute atomic E-state index is 13.0. The van der Waals surface area contributed by atoms with Crippen molar-refractivity contribution in [2.24, 2.45) is 5.92 Å². The van der Waals surface area contributed by atoms with Crippen LogP contribution in [-0.2, 0) is 34.5 Å². The summed E-state index contributed by atoms with van der Waals surface area (Å²) in [5.74, 6) is -1.07. The summed E-state index contributed by atoms with van der Waals surface area (Å²) in [6.45, 7) is 10.3. The Bertz CT molecular complexity index is 909. The fourth-order valence-corrected chi connectivity index (χ4v) is 5.44. The lowest BCUT2D eigenvalue weighted by Crippen LogP contribution is -2.47. The molecule has 0 unspecified atom stereocenters. The molecule has 32 heavy (non-hydrogen) atoms. The highest BCUT2D eigenvalue weighted by molar-refractivity contribution is 7.89. The first-order valence-corrected chi connectivity index (χ1v) is 12.6. The standard InChI is InChI=1S/C23H34N2O6S/c1-17(21(26)24-13-15-30-16-14-24)31-22(27)18-9-11-25(12-10-18)32(28,29)20-7-5-19(6-8-20)23(2,3)4/h5-8,17-18H,9-16H2,1-4H3/t17-/m1/s1. The van der Waals surface area contributed by atoms with Crippen LogP contribution in [-0.4, -0.2) is 75.0 Å². The molecule has 178 valence electrons. The molecule has 2 aliphatic heterocycles. The van der Waals surface area contributed by atoms with E-state index in [0.29, 0.717) is 39.1 Å². The van der Waals surface area contributed by atoms with Gasteiger partial charge in [-0.2, -0.15) is 4.31 Å². The Labute approximate surface area is 190 Å². The summed E-state index contributed by atoms with van der Waals surface area (Å²) in [6.07, 6.45) is -0.114. The molecule has 0 bridgehead atoms. The van der Waals surface area contributed by atoms with Crippen molar-refractivity contribution < 1.29 is 27.5 Å². The Balaban J connectivity index is 1.54. The largest absolute Gasteiger partial charge is 0.452 e. The van der Waals surface area contributed by atoms with Gasteiger partial charge in [-0.3, -0.25) is 9.59 Å². The zero-order valence-corrected chi connectivity index (χ0v) is 20.2. The van der Waals surface area contributed by atoms with E-state index in [1.54, 1.807) is 24.0 Å². The van der Waals surface area contributed by atoms with Crippen molar-refractivity contribution in [1.82, 2.24) is 9.21 Å². The third-order valence-electron chi connectivity index (χ3n) is 6.11. The molecule has 2 fully saturated rings. The minimum atomic E-state index is -3.62. The summed E-state index contributed by atoms with van der Waals surface area (Å²) in [5.41, 5.74) is 1.01. The van der Waals surface area contributed by atoms with E-state index in [-0.39, 0.29) is 29.3 Å². The van der Waals surface area contributed by atoms with Crippen molar-refractivity contribution >= 4 is 21.9 Å². The number of piperidine rings is 1. The summed E-state index contributed by atoms with van der Waals surface area (Å²) in [5, 5.41) is 0. The number of nitrogens with zero attached hydrogens (tertiary/aromatic N) is 2. The molecule has 1 atom stereocenters. The minimum Gasteiger partial charge on any atom is -0.452 e. The van der Waals surface area contributed by atoms with E-state index in [1.165, 1.54) is 4.31 Å². The number of carbonyl (C=O) groups excluding carboxylic acids is 2. The monoisotopic (exact) mass is 466 g/mol. The third kappa shape index (κ3) is 5.68. The van der Waals surface area contributed by atoms with E-state index < -0.39 is 28.0 Å². The summed E-state index contributed by atoms with van der Waals surface area (Å²) in [4.78, 5) is 26.9. The van der Waals surface area contributed by atoms with E-state index in [2.05, 4.69) is 20.8 Å². The van der Waals surface area contributed by atoms with Crippen molar-refractivity contribution in [2.45, 2.75) is 57.0 Å². The van der Waals surface area contributed by atoms with Crippen LogP contribution in [0.3, 0.4) is 0 Å². The van der Waals surface area contributed by atoms with E-state index >= 15 is 0 Å². The number of amides is 1. The van der Waals surface area contributed by atoms with Gasteiger partial charge in [-0.25, -0.2) is 8.42 Å². The topological polar surface area (TPSA) is 93.2 Å². The van der Waals surface area contributed by atoms with Gasteiger partial charge in [-0.1, -0.05) is 32.9 Å². The van der Waals surface area contributed by atoms with Gasteiger partial charge in [0.05, 0.1) is 24.0 Å². The molecule has 0 aliphatic carbocycles. The van der Waals surface area contributed by atoms with Crippen LogP contribution in [0.1, 0.15) is 46.1 Å². The predicted octanol–water partition coefficient (Wildman–Crippen LogP) is 2.18. The van der Waals surface area contributed by atoms with Gasteiger partial charge in [-0.15, -0.1) is 0 Å². The molecule has 9 heteroatoms. The quantitative estimate of drug-likeness (QED) is 0.618. The van der Waals surface area contributed by atoms with Gasteiger partial charge in [0.1, 0.15) is 0 Å². The van der Waals surface area contributed by atoms with E-state index in [0.717, 1.165) is 5.56 Å². The Kier molecular flexibility index (Phi) is 7.62. The lowest BCUT2D eigenvalue weighted by molar-refractivity contribution is -0.164. The van der Waals surface area contributed by atoms with Gasteiger partial charge < -0.3 is 14.4 Å². The van der Waals surface area contributed by atoms with Crippen LogP contribution in [0.25, 0.3) is 0 Å². The highest BCUT2D eigenvalue weighted by Gasteiger charge is 2.34. The molecule has 0 spiro atoms. The molecule has 1 amide bonds. The Morgan fingerprint density at radius 2 is 1.59 bits per heavy atom. The summed E-state index contributed by atoms with van der Waals surface area (Å²) in [6, 6.07) is 7.00. The van der Waals surface area contributed by atoms with Crippen molar-refractivity contribution in [2.75, 3.05) is 39.4 Å². The van der Waals surface area contributed by atoms with Crippen LogP contribution in [0, 0.1) is 5.92 Å². The highest BCUT2D eigenvalue weighted by Crippen LogP contribution is 2.27. The summed E-state index contributed by atoms with van der Waals surface area (Å²) < 4.78 is 38.1. The number of sulfonamides is 1.